The quantitative estimate of drug-likeness (QED) is 0.565. The monoisotopic (exact) mass is 401 g/mol. The van der Waals surface area contributed by atoms with E-state index in [1.165, 1.54) is 11.8 Å². The first-order valence-corrected chi connectivity index (χ1v) is 9.79. The molecular formula is C19H20ClN5OS. The fraction of sp³-hybridized carbons (Fsp3) is 0.211. The predicted molar refractivity (Wildman–Crippen MR) is 109 cm³/mol. The summed E-state index contributed by atoms with van der Waals surface area (Å²) < 4.78 is 1.88. The van der Waals surface area contributed by atoms with Gasteiger partial charge in [-0.3, -0.25) is 4.79 Å². The molecule has 0 fully saturated rings. The molecule has 2 aromatic carbocycles. The number of nitrogens with one attached hydrogen (secondary N) is 2. The van der Waals surface area contributed by atoms with Gasteiger partial charge in [-0.15, -0.1) is 10.2 Å². The Kier molecular flexibility index (Phi) is 6.73. The van der Waals surface area contributed by atoms with Crippen molar-refractivity contribution in [2.75, 3.05) is 11.1 Å². The lowest BCUT2D eigenvalue weighted by molar-refractivity contribution is -0.118. The van der Waals surface area contributed by atoms with Gasteiger partial charge in [0.25, 0.3) is 0 Å². The van der Waals surface area contributed by atoms with Crippen LogP contribution in [-0.4, -0.2) is 26.4 Å². The largest absolute Gasteiger partial charge is 0.378 e. The summed E-state index contributed by atoms with van der Waals surface area (Å²) in [5.74, 6) is 1.04. The molecule has 0 saturated carbocycles. The summed E-state index contributed by atoms with van der Waals surface area (Å²) in [7, 11) is 1.89. The maximum Gasteiger partial charge on any atom is 0.230 e. The summed E-state index contributed by atoms with van der Waals surface area (Å²) >= 11 is 7.35. The SMILES string of the molecule is Cn1c(CNc2cccc(Cl)c2)nnc1SCC(=O)NCc1ccccc1. The molecular weight excluding hydrogens is 382 g/mol. The van der Waals surface area contributed by atoms with Crippen LogP contribution < -0.4 is 10.6 Å². The van der Waals surface area contributed by atoms with Crippen molar-refractivity contribution in [1.29, 1.82) is 0 Å². The third-order valence-corrected chi connectivity index (χ3v) is 5.12. The summed E-state index contributed by atoms with van der Waals surface area (Å²) in [5.41, 5.74) is 1.99. The number of thioether (sulfide) groups is 1. The number of carbonyl (C=O) groups excluding carboxylic acids is 1. The lowest BCUT2D eigenvalue weighted by Crippen LogP contribution is -2.24. The summed E-state index contributed by atoms with van der Waals surface area (Å²) in [6.45, 7) is 1.04. The van der Waals surface area contributed by atoms with Crippen LogP contribution in [0, 0.1) is 0 Å². The zero-order valence-electron chi connectivity index (χ0n) is 14.9. The standard InChI is InChI=1S/C19H20ClN5OS/c1-25-17(12-21-16-9-5-8-15(20)10-16)23-24-19(25)27-13-18(26)22-11-14-6-3-2-4-7-14/h2-10,21H,11-13H2,1H3,(H,22,26). The predicted octanol–water partition coefficient (Wildman–Crippen LogP) is 3.49. The minimum Gasteiger partial charge on any atom is -0.378 e. The van der Waals surface area contributed by atoms with Crippen molar-refractivity contribution < 1.29 is 4.79 Å². The molecule has 3 aromatic rings. The Morgan fingerprint density at radius 3 is 2.70 bits per heavy atom. The number of hydrogen-bond acceptors (Lipinski definition) is 5. The molecule has 0 unspecified atom stereocenters. The topological polar surface area (TPSA) is 71.8 Å². The van der Waals surface area contributed by atoms with Gasteiger partial charge in [0.15, 0.2) is 11.0 Å². The first-order valence-electron chi connectivity index (χ1n) is 8.43. The van der Waals surface area contributed by atoms with Gasteiger partial charge in [0, 0.05) is 24.3 Å². The Bertz CT molecular complexity index is 900. The van der Waals surface area contributed by atoms with Crippen molar-refractivity contribution >= 4 is 35.0 Å². The Morgan fingerprint density at radius 1 is 1.11 bits per heavy atom. The second-order valence-corrected chi connectivity index (χ2v) is 7.25. The fourth-order valence-electron chi connectivity index (χ4n) is 2.38. The molecule has 27 heavy (non-hydrogen) atoms. The van der Waals surface area contributed by atoms with Crippen molar-refractivity contribution in [3.63, 3.8) is 0 Å². The molecule has 1 aromatic heterocycles. The van der Waals surface area contributed by atoms with E-state index in [2.05, 4.69) is 20.8 Å². The average Bonchev–Trinajstić information content (AvgIpc) is 3.03. The number of anilines is 1. The van der Waals surface area contributed by atoms with Gasteiger partial charge < -0.3 is 15.2 Å². The Balaban J connectivity index is 1.47. The van der Waals surface area contributed by atoms with Crippen LogP contribution >= 0.6 is 23.4 Å². The highest BCUT2D eigenvalue weighted by atomic mass is 35.5. The first-order chi connectivity index (χ1) is 13.1. The van der Waals surface area contributed by atoms with Crippen LogP contribution in [0.3, 0.4) is 0 Å². The van der Waals surface area contributed by atoms with Gasteiger partial charge in [0.05, 0.1) is 12.3 Å². The molecule has 6 nitrogen and oxygen atoms in total. The van der Waals surface area contributed by atoms with E-state index in [1.807, 2.05) is 66.2 Å². The van der Waals surface area contributed by atoms with E-state index in [1.54, 1.807) is 0 Å². The van der Waals surface area contributed by atoms with Crippen LogP contribution in [-0.2, 0) is 24.9 Å². The highest BCUT2D eigenvalue weighted by molar-refractivity contribution is 7.99. The minimum absolute atomic E-state index is 0.0366. The van der Waals surface area contributed by atoms with E-state index >= 15 is 0 Å². The van der Waals surface area contributed by atoms with Crippen LogP contribution in [0.1, 0.15) is 11.4 Å². The number of halogens is 1. The Morgan fingerprint density at radius 2 is 1.93 bits per heavy atom. The molecule has 8 heteroatoms. The zero-order valence-corrected chi connectivity index (χ0v) is 16.4. The molecule has 0 spiro atoms. The lowest BCUT2D eigenvalue weighted by atomic mass is 10.2. The summed E-state index contributed by atoms with van der Waals surface area (Å²) in [4.78, 5) is 12.0. The van der Waals surface area contributed by atoms with Crippen LogP contribution in [0.5, 0.6) is 0 Å². The lowest BCUT2D eigenvalue weighted by Gasteiger charge is -2.07. The highest BCUT2D eigenvalue weighted by Gasteiger charge is 2.11. The maximum atomic E-state index is 12.0. The van der Waals surface area contributed by atoms with Crippen LogP contribution in [0.15, 0.2) is 59.8 Å². The van der Waals surface area contributed by atoms with Crippen molar-refractivity contribution in [2.45, 2.75) is 18.2 Å². The summed E-state index contributed by atoms with van der Waals surface area (Å²) in [5, 5.41) is 15.9. The molecule has 2 N–H and O–H groups in total. The molecule has 0 aliphatic heterocycles. The highest BCUT2D eigenvalue weighted by Crippen LogP contribution is 2.18. The summed E-state index contributed by atoms with van der Waals surface area (Å²) in [6.07, 6.45) is 0. The number of amides is 1. The van der Waals surface area contributed by atoms with E-state index in [4.69, 9.17) is 11.6 Å². The minimum atomic E-state index is -0.0366. The van der Waals surface area contributed by atoms with Gasteiger partial charge in [-0.25, -0.2) is 0 Å². The van der Waals surface area contributed by atoms with E-state index in [0.29, 0.717) is 29.0 Å². The molecule has 0 bridgehead atoms. The number of aromatic nitrogens is 3. The van der Waals surface area contributed by atoms with E-state index < -0.39 is 0 Å². The van der Waals surface area contributed by atoms with Gasteiger partial charge >= 0.3 is 0 Å². The molecule has 0 saturated heterocycles. The third-order valence-electron chi connectivity index (χ3n) is 3.87. The van der Waals surface area contributed by atoms with Gasteiger partial charge in [-0.05, 0) is 23.8 Å². The van der Waals surface area contributed by atoms with E-state index in [0.717, 1.165) is 17.1 Å². The van der Waals surface area contributed by atoms with Crippen molar-refractivity contribution in [1.82, 2.24) is 20.1 Å². The normalized spacial score (nSPS) is 10.6. The van der Waals surface area contributed by atoms with Gasteiger partial charge in [-0.2, -0.15) is 0 Å². The van der Waals surface area contributed by atoms with E-state index in [9.17, 15) is 4.79 Å². The maximum absolute atomic E-state index is 12.0. The fourth-order valence-corrected chi connectivity index (χ4v) is 3.33. The molecule has 1 amide bonds. The van der Waals surface area contributed by atoms with Crippen molar-refractivity contribution in [2.24, 2.45) is 7.05 Å². The van der Waals surface area contributed by atoms with Crippen LogP contribution in [0.25, 0.3) is 0 Å². The van der Waals surface area contributed by atoms with Crippen molar-refractivity contribution in [3.8, 4) is 0 Å². The van der Waals surface area contributed by atoms with Gasteiger partial charge in [-0.1, -0.05) is 59.8 Å². The molecule has 0 radical (unpaired) electrons. The Labute approximate surface area is 167 Å². The number of benzene rings is 2. The Hall–Kier alpha value is -2.51. The van der Waals surface area contributed by atoms with Gasteiger partial charge in [0.1, 0.15) is 0 Å². The van der Waals surface area contributed by atoms with Crippen LogP contribution in [0.2, 0.25) is 5.02 Å². The second kappa shape index (κ2) is 9.43. The number of carbonyl (C=O) groups is 1. The molecule has 3 rings (SSSR count). The molecule has 140 valence electrons. The first kappa shape index (κ1) is 19.3. The number of rotatable bonds is 8. The zero-order chi connectivity index (χ0) is 19.1. The van der Waals surface area contributed by atoms with Crippen molar-refractivity contribution in [3.05, 3.63) is 71.0 Å². The molecule has 0 aliphatic carbocycles. The molecule has 1 heterocycles. The summed E-state index contributed by atoms with van der Waals surface area (Å²) in [6, 6.07) is 17.3. The van der Waals surface area contributed by atoms with Gasteiger partial charge in [0.2, 0.25) is 5.91 Å². The number of nitrogens with zero attached hydrogens (tertiary/aromatic N) is 3. The average molecular weight is 402 g/mol. The molecule has 0 aliphatic rings. The van der Waals surface area contributed by atoms with E-state index in [-0.39, 0.29) is 5.91 Å². The number of hydrogen-bond donors (Lipinski definition) is 2. The third kappa shape index (κ3) is 5.74. The van der Waals surface area contributed by atoms with Crippen LogP contribution in [0.4, 0.5) is 5.69 Å². The second-order valence-electron chi connectivity index (χ2n) is 5.87. The smallest absolute Gasteiger partial charge is 0.230 e. The molecule has 0 atom stereocenters.